The second-order valence-corrected chi connectivity index (χ2v) is 16.0. The van der Waals surface area contributed by atoms with E-state index in [9.17, 15) is 70.6 Å². The van der Waals surface area contributed by atoms with Crippen LogP contribution < -0.4 is 14.9 Å². The van der Waals surface area contributed by atoms with E-state index in [2.05, 4.69) is 0 Å². The first kappa shape index (κ1) is 48.4. The number of aromatic hydroxyl groups is 2. The van der Waals surface area contributed by atoms with Crippen molar-refractivity contribution in [2.45, 2.75) is 92.1 Å². The van der Waals surface area contributed by atoms with Crippen molar-refractivity contribution in [3.05, 3.63) is 106 Å². The summed E-state index contributed by atoms with van der Waals surface area (Å²) in [6.07, 6.45) is -26.5. The van der Waals surface area contributed by atoms with Crippen LogP contribution in [0.5, 0.6) is 23.0 Å². The number of carbonyl (C=O) groups excluding carboxylic acids is 2. The Balaban J connectivity index is 1.02. The maximum Gasteiger partial charge on any atom is 0.338 e. The number of aliphatic hydroxyl groups is 9. The highest BCUT2D eigenvalue weighted by Gasteiger charge is 2.53. The number of esters is 2. The molecule has 23 heteroatoms. The number of fused-ring (bicyclic) bond motifs is 2. The molecule has 3 aliphatic heterocycles. The predicted octanol–water partition coefficient (Wildman–Crippen LogP) is -1.73. The Kier molecular flexibility index (Phi) is 14.4. The van der Waals surface area contributed by atoms with Gasteiger partial charge in [-0.2, -0.15) is 0 Å². The molecule has 3 saturated heterocycles. The number of carbonyl (C=O) groups is 2. The molecule has 68 heavy (non-hydrogen) atoms. The number of para-hydroxylation sites is 2. The Labute approximate surface area is 382 Å². The molecular weight excluding hydrogens is 908 g/mol. The molecule has 3 aliphatic rings. The van der Waals surface area contributed by atoms with Gasteiger partial charge in [0.1, 0.15) is 72.5 Å². The molecule has 15 atom stereocenters. The summed E-state index contributed by atoms with van der Waals surface area (Å²) >= 11 is 0. The number of phenols is 2. The van der Waals surface area contributed by atoms with Crippen LogP contribution >= 0.6 is 0 Å². The number of hydrogen-bond acceptors (Lipinski definition) is 23. The summed E-state index contributed by atoms with van der Waals surface area (Å²) in [4.78, 5) is 39.9. The van der Waals surface area contributed by atoms with Crippen LogP contribution in [-0.4, -0.2) is 180 Å². The van der Waals surface area contributed by atoms with Crippen molar-refractivity contribution in [2.75, 3.05) is 19.8 Å². The molecule has 11 N–H and O–H groups in total. The standard InChI is InChI=1S/C45H46O23/c46-15-26-30(52)31(53)40(67-42(59)19-9-13-21(50)14-10-19)45(62-26)61-25-6-2-4-23-29(51)22-3-1-5-24(36(22)65-37(23)25)60-43-34(56)33(55)39(28(17-48)63-43)68-44-35(57)32(54)38(27(16-47)64-44)66-41(58)18-7-11-20(49)12-8-18/h1-14,26-28,30-35,38-40,43-50,52-57H,15-17H2/t26-,27-,28-,30-,31+,32-,33-,34-,35-,38-,39-,40-,43?,44?,45?/m1/s1. The Hall–Kier alpha value is -6.03. The first-order chi connectivity index (χ1) is 32.6. The van der Waals surface area contributed by atoms with Crippen LogP contribution in [0.3, 0.4) is 0 Å². The van der Waals surface area contributed by atoms with E-state index in [4.69, 9.17) is 42.3 Å². The Morgan fingerprint density at radius 3 is 1.44 bits per heavy atom. The molecule has 0 aliphatic carbocycles. The molecule has 0 bridgehead atoms. The van der Waals surface area contributed by atoms with Crippen LogP contribution in [-0.2, 0) is 28.4 Å². The van der Waals surface area contributed by atoms with E-state index < -0.39 is 129 Å². The van der Waals surface area contributed by atoms with Crippen molar-refractivity contribution in [1.82, 2.24) is 0 Å². The zero-order chi connectivity index (χ0) is 48.6. The molecule has 0 radical (unpaired) electrons. The van der Waals surface area contributed by atoms with Crippen LogP contribution in [0.15, 0.2) is 94.1 Å². The van der Waals surface area contributed by atoms with Gasteiger partial charge in [-0.3, -0.25) is 4.79 Å². The largest absolute Gasteiger partial charge is 0.508 e. The maximum atomic E-state index is 14.0. The highest BCUT2D eigenvalue weighted by Crippen LogP contribution is 2.37. The minimum Gasteiger partial charge on any atom is -0.508 e. The van der Waals surface area contributed by atoms with Crippen molar-refractivity contribution in [3.63, 3.8) is 0 Å². The van der Waals surface area contributed by atoms with Gasteiger partial charge in [0.15, 0.2) is 41.2 Å². The molecule has 4 heterocycles. The van der Waals surface area contributed by atoms with Gasteiger partial charge >= 0.3 is 11.9 Å². The minimum atomic E-state index is -2.01. The third-order valence-corrected chi connectivity index (χ3v) is 11.6. The van der Waals surface area contributed by atoms with Gasteiger partial charge in [-0.25, -0.2) is 9.59 Å². The minimum absolute atomic E-state index is 0.0365. The normalized spacial score (nSPS) is 31.8. The zero-order valence-electron chi connectivity index (χ0n) is 35.2. The highest BCUT2D eigenvalue weighted by molar-refractivity contribution is 5.94. The molecule has 0 saturated carbocycles. The van der Waals surface area contributed by atoms with Gasteiger partial charge < -0.3 is 98.5 Å². The van der Waals surface area contributed by atoms with Crippen molar-refractivity contribution in [2.24, 2.45) is 0 Å². The SMILES string of the molecule is O=C(O[C@H]1[C@H](O)[C@@H](O)C(O[C@H]2[C@H](O)[C@@H](O)C(Oc3cccc4c(=O)c5cccc(OC6O[C@H](CO)[C@@H](O)[C@H](O)[C@H]6OC(=O)c6ccc(O)cc6)c5oc34)O[C@@H]2CO)O[C@@H]1CO)c1ccc(O)cc1. The number of ether oxygens (including phenoxy) is 8. The second-order valence-electron chi connectivity index (χ2n) is 16.0. The predicted molar refractivity (Wildman–Crippen MR) is 224 cm³/mol. The molecule has 23 nitrogen and oxygen atoms in total. The lowest BCUT2D eigenvalue weighted by Gasteiger charge is -2.46. The summed E-state index contributed by atoms with van der Waals surface area (Å²) in [6.45, 7) is -2.56. The van der Waals surface area contributed by atoms with Crippen molar-refractivity contribution >= 4 is 33.9 Å². The van der Waals surface area contributed by atoms with Crippen LogP contribution in [0.1, 0.15) is 20.7 Å². The molecule has 3 unspecified atom stereocenters. The fourth-order valence-corrected chi connectivity index (χ4v) is 7.92. The monoisotopic (exact) mass is 954 g/mol. The third-order valence-electron chi connectivity index (χ3n) is 11.6. The van der Waals surface area contributed by atoms with E-state index in [1.54, 1.807) is 0 Å². The van der Waals surface area contributed by atoms with Gasteiger partial charge in [-0.05, 0) is 72.8 Å². The Morgan fingerprint density at radius 2 is 0.912 bits per heavy atom. The molecular formula is C45H46O23. The van der Waals surface area contributed by atoms with E-state index in [1.165, 1.54) is 84.9 Å². The summed E-state index contributed by atoms with van der Waals surface area (Å²) in [5, 5.41) is 116. The fraction of sp³-hybridized carbons (Fsp3) is 0.400. The number of benzene rings is 4. The summed E-state index contributed by atoms with van der Waals surface area (Å²) in [7, 11) is 0. The summed E-state index contributed by atoms with van der Waals surface area (Å²) < 4.78 is 52.0. The van der Waals surface area contributed by atoms with Crippen LogP contribution in [0.2, 0.25) is 0 Å². The van der Waals surface area contributed by atoms with Gasteiger partial charge in [-0.15, -0.1) is 0 Å². The highest BCUT2D eigenvalue weighted by atomic mass is 16.8. The van der Waals surface area contributed by atoms with Gasteiger partial charge in [0, 0.05) is 0 Å². The maximum absolute atomic E-state index is 14.0. The summed E-state index contributed by atoms with van der Waals surface area (Å²) in [5.41, 5.74) is -1.21. The average molecular weight is 955 g/mol. The molecule has 4 aromatic carbocycles. The number of hydrogen-bond donors (Lipinski definition) is 11. The van der Waals surface area contributed by atoms with E-state index >= 15 is 0 Å². The Bertz CT molecular complexity index is 2620. The average Bonchev–Trinajstić information content (AvgIpc) is 3.34. The first-order valence-corrected chi connectivity index (χ1v) is 21.0. The lowest BCUT2D eigenvalue weighted by atomic mass is 9.96. The van der Waals surface area contributed by atoms with E-state index in [-0.39, 0.29) is 56.1 Å². The van der Waals surface area contributed by atoms with Crippen LogP contribution in [0, 0.1) is 0 Å². The van der Waals surface area contributed by atoms with Crippen LogP contribution in [0.25, 0.3) is 21.9 Å². The van der Waals surface area contributed by atoms with Crippen molar-refractivity contribution in [1.29, 1.82) is 0 Å². The molecule has 5 aromatic rings. The Morgan fingerprint density at radius 1 is 0.485 bits per heavy atom. The van der Waals surface area contributed by atoms with Gasteiger partial charge in [-0.1, -0.05) is 12.1 Å². The van der Waals surface area contributed by atoms with Gasteiger partial charge in [0.05, 0.1) is 41.7 Å². The first-order valence-electron chi connectivity index (χ1n) is 21.0. The lowest BCUT2D eigenvalue weighted by Crippen LogP contribution is -2.65. The van der Waals surface area contributed by atoms with Crippen molar-refractivity contribution < 1.29 is 108 Å². The summed E-state index contributed by atoms with van der Waals surface area (Å²) in [6, 6.07) is 18.1. The molecule has 0 amide bonds. The number of rotatable bonds is 13. The second kappa shape index (κ2) is 20.3. The topological polar surface area (TPSA) is 361 Å². The smallest absolute Gasteiger partial charge is 0.338 e. The molecule has 0 spiro atoms. The molecule has 3 fully saturated rings. The molecule has 8 rings (SSSR count). The fourth-order valence-electron chi connectivity index (χ4n) is 7.92. The van der Waals surface area contributed by atoms with Crippen molar-refractivity contribution in [3.8, 4) is 23.0 Å². The van der Waals surface area contributed by atoms with E-state index in [1.807, 2.05) is 0 Å². The quantitative estimate of drug-likeness (QED) is 0.0461. The number of aliphatic hydroxyl groups excluding tert-OH is 9. The third kappa shape index (κ3) is 9.52. The summed E-state index contributed by atoms with van der Waals surface area (Å²) in [5.74, 6) is -2.74. The van der Waals surface area contributed by atoms with E-state index in [0.717, 1.165) is 0 Å². The lowest BCUT2D eigenvalue weighted by molar-refractivity contribution is -0.352. The van der Waals surface area contributed by atoms with Gasteiger partial charge in [0.2, 0.25) is 18.0 Å². The van der Waals surface area contributed by atoms with E-state index in [0.29, 0.717) is 0 Å². The van der Waals surface area contributed by atoms with Gasteiger partial charge in [0.25, 0.3) is 0 Å². The number of phenolic OH excluding ortho intramolecular Hbond substituents is 2. The zero-order valence-corrected chi connectivity index (χ0v) is 35.2. The molecule has 364 valence electrons. The molecule has 1 aromatic heterocycles. The van der Waals surface area contributed by atoms with Crippen LogP contribution in [0.4, 0.5) is 0 Å².